The summed E-state index contributed by atoms with van der Waals surface area (Å²) in [5.74, 6) is 0.875. The normalized spacial score (nSPS) is 9.69. The minimum Gasteiger partial charge on any atom is -0.495 e. The summed E-state index contributed by atoms with van der Waals surface area (Å²) < 4.78 is 5.18. The first-order chi connectivity index (χ1) is 6.38. The molecule has 0 heterocycles. The Morgan fingerprint density at radius 1 is 1.38 bits per heavy atom. The van der Waals surface area contributed by atoms with Gasteiger partial charge in [-0.25, -0.2) is 0 Å². The van der Waals surface area contributed by atoms with Crippen LogP contribution in [0.5, 0.6) is 5.75 Å². The van der Waals surface area contributed by atoms with Crippen LogP contribution in [0.3, 0.4) is 0 Å². The van der Waals surface area contributed by atoms with E-state index in [0.717, 1.165) is 24.4 Å². The summed E-state index contributed by atoms with van der Waals surface area (Å²) in [6, 6.07) is 7.86. The Morgan fingerprint density at radius 3 is 2.85 bits per heavy atom. The molecule has 0 saturated carbocycles. The van der Waals surface area contributed by atoms with E-state index in [2.05, 4.69) is 5.32 Å². The van der Waals surface area contributed by atoms with Crippen molar-refractivity contribution in [3.8, 4) is 5.75 Å². The van der Waals surface area contributed by atoms with Crippen LogP contribution in [-0.4, -0.2) is 20.2 Å². The fourth-order valence-electron chi connectivity index (χ4n) is 1.12. The van der Waals surface area contributed by atoms with E-state index >= 15 is 0 Å². The number of hydrogen-bond donors (Lipinski definition) is 2. The minimum absolute atomic E-state index is 0.710. The maximum Gasteiger partial charge on any atom is 0.141 e. The van der Waals surface area contributed by atoms with Crippen LogP contribution in [0.2, 0.25) is 0 Å². The lowest BCUT2D eigenvalue weighted by Gasteiger charge is -2.09. The van der Waals surface area contributed by atoms with Gasteiger partial charge in [0.05, 0.1) is 12.8 Å². The molecule has 72 valence electrons. The van der Waals surface area contributed by atoms with Crippen molar-refractivity contribution in [1.29, 1.82) is 0 Å². The third-order valence-corrected chi connectivity index (χ3v) is 1.80. The van der Waals surface area contributed by atoms with E-state index in [9.17, 15) is 0 Å². The number of hydrogen-bond acceptors (Lipinski definition) is 3. The fourth-order valence-corrected chi connectivity index (χ4v) is 1.12. The molecule has 0 unspecified atom stereocenters. The lowest BCUT2D eigenvalue weighted by molar-refractivity contribution is 0.416. The molecular weight excluding hydrogens is 164 g/mol. The molecule has 1 aromatic carbocycles. The maximum absolute atomic E-state index is 5.39. The molecule has 0 aliphatic rings. The minimum atomic E-state index is 0.710. The molecule has 0 amide bonds. The van der Waals surface area contributed by atoms with Gasteiger partial charge in [0.1, 0.15) is 5.75 Å². The highest BCUT2D eigenvalue weighted by Gasteiger charge is 1.98. The average molecular weight is 180 g/mol. The van der Waals surface area contributed by atoms with Crippen LogP contribution in [0.4, 0.5) is 5.69 Å². The van der Waals surface area contributed by atoms with Crippen LogP contribution in [0.1, 0.15) is 6.42 Å². The summed E-state index contributed by atoms with van der Waals surface area (Å²) in [5, 5.41) is 3.26. The number of nitrogens with two attached hydrogens (primary N) is 1. The number of benzene rings is 1. The second-order valence-electron chi connectivity index (χ2n) is 2.77. The third kappa shape index (κ3) is 2.95. The smallest absolute Gasteiger partial charge is 0.141 e. The Bertz CT molecular complexity index is 250. The molecule has 1 rings (SSSR count). The van der Waals surface area contributed by atoms with Crippen molar-refractivity contribution in [3.63, 3.8) is 0 Å². The van der Waals surface area contributed by atoms with E-state index < -0.39 is 0 Å². The Morgan fingerprint density at radius 2 is 2.15 bits per heavy atom. The summed E-state index contributed by atoms with van der Waals surface area (Å²) in [7, 11) is 1.67. The van der Waals surface area contributed by atoms with E-state index in [1.807, 2.05) is 24.3 Å². The highest BCUT2D eigenvalue weighted by atomic mass is 16.5. The van der Waals surface area contributed by atoms with Gasteiger partial charge in [-0.15, -0.1) is 0 Å². The summed E-state index contributed by atoms with van der Waals surface area (Å²) in [6.45, 7) is 1.60. The van der Waals surface area contributed by atoms with E-state index in [0.29, 0.717) is 6.54 Å². The predicted molar refractivity (Wildman–Crippen MR) is 55.2 cm³/mol. The Labute approximate surface area is 78.9 Å². The molecule has 0 bridgehead atoms. The SMILES string of the molecule is COc1ccccc1NCCCN. The summed E-state index contributed by atoms with van der Waals surface area (Å²) >= 11 is 0. The molecule has 0 aliphatic heterocycles. The topological polar surface area (TPSA) is 47.3 Å². The molecule has 3 nitrogen and oxygen atoms in total. The molecule has 0 aromatic heterocycles. The van der Waals surface area contributed by atoms with E-state index in [1.54, 1.807) is 7.11 Å². The van der Waals surface area contributed by atoms with Crippen molar-refractivity contribution in [1.82, 2.24) is 0 Å². The Hall–Kier alpha value is -1.22. The first kappa shape index (κ1) is 9.86. The standard InChI is InChI=1S/C10H16N2O/c1-13-10-6-3-2-5-9(10)12-8-4-7-11/h2-3,5-6,12H,4,7-8,11H2,1H3. The van der Waals surface area contributed by atoms with Crippen LogP contribution in [0.25, 0.3) is 0 Å². The summed E-state index contributed by atoms with van der Waals surface area (Å²) in [5.41, 5.74) is 6.42. The van der Waals surface area contributed by atoms with Gasteiger partial charge in [-0.3, -0.25) is 0 Å². The van der Waals surface area contributed by atoms with Gasteiger partial charge < -0.3 is 15.8 Å². The molecule has 1 aromatic rings. The van der Waals surface area contributed by atoms with Crippen LogP contribution in [0, 0.1) is 0 Å². The first-order valence-corrected chi connectivity index (χ1v) is 4.45. The fraction of sp³-hybridized carbons (Fsp3) is 0.400. The lowest BCUT2D eigenvalue weighted by atomic mass is 10.3. The van der Waals surface area contributed by atoms with Crippen LogP contribution < -0.4 is 15.8 Å². The zero-order chi connectivity index (χ0) is 9.52. The second kappa shape index (κ2) is 5.43. The lowest BCUT2D eigenvalue weighted by Crippen LogP contribution is -2.08. The van der Waals surface area contributed by atoms with Crippen LogP contribution in [0.15, 0.2) is 24.3 Å². The number of anilines is 1. The number of methoxy groups -OCH3 is 1. The molecule has 0 atom stereocenters. The van der Waals surface area contributed by atoms with Crippen LogP contribution in [-0.2, 0) is 0 Å². The molecule has 3 heteroatoms. The van der Waals surface area contributed by atoms with Crippen molar-refractivity contribution in [3.05, 3.63) is 24.3 Å². The number of ether oxygens (including phenoxy) is 1. The number of para-hydroxylation sites is 2. The third-order valence-electron chi connectivity index (χ3n) is 1.80. The van der Waals surface area contributed by atoms with Gasteiger partial charge in [0.25, 0.3) is 0 Å². The van der Waals surface area contributed by atoms with Crippen molar-refractivity contribution in [2.45, 2.75) is 6.42 Å². The van der Waals surface area contributed by atoms with E-state index in [-0.39, 0.29) is 0 Å². The maximum atomic E-state index is 5.39. The van der Waals surface area contributed by atoms with Gasteiger partial charge in [-0.2, -0.15) is 0 Å². The second-order valence-corrected chi connectivity index (χ2v) is 2.77. The van der Waals surface area contributed by atoms with Crippen LogP contribution >= 0.6 is 0 Å². The molecule has 3 N–H and O–H groups in total. The summed E-state index contributed by atoms with van der Waals surface area (Å²) in [4.78, 5) is 0. The number of nitrogens with one attached hydrogen (secondary N) is 1. The first-order valence-electron chi connectivity index (χ1n) is 4.45. The molecule has 0 spiro atoms. The molecule has 0 aliphatic carbocycles. The quantitative estimate of drug-likeness (QED) is 0.674. The zero-order valence-corrected chi connectivity index (χ0v) is 7.92. The van der Waals surface area contributed by atoms with Gasteiger partial charge in [-0.1, -0.05) is 12.1 Å². The van der Waals surface area contributed by atoms with E-state index in [1.165, 1.54) is 0 Å². The van der Waals surface area contributed by atoms with Crippen molar-refractivity contribution in [2.24, 2.45) is 5.73 Å². The van der Waals surface area contributed by atoms with Crippen molar-refractivity contribution < 1.29 is 4.74 Å². The molecule has 0 fully saturated rings. The largest absolute Gasteiger partial charge is 0.495 e. The average Bonchev–Trinajstić information content (AvgIpc) is 2.19. The molecule has 13 heavy (non-hydrogen) atoms. The molecule has 0 saturated heterocycles. The van der Waals surface area contributed by atoms with E-state index in [4.69, 9.17) is 10.5 Å². The monoisotopic (exact) mass is 180 g/mol. The number of rotatable bonds is 5. The highest BCUT2D eigenvalue weighted by Crippen LogP contribution is 2.22. The highest BCUT2D eigenvalue weighted by molar-refractivity contribution is 5.55. The van der Waals surface area contributed by atoms with Gasteiger partial charge in [0, 0.05) is 6.54 Å². The zero-order valence-electron chi connectivity index (χ0n) is 7.92. The summed E-state index contributed by atoms with van der Waals surface area (Å²) in [6.07, 6.45) is 0.970. The predicted octanol–water partition coefficient (Wildman–Crippen LogP) is 1.46. The van der Waals surface area contributed by atoms with Gasteiger partial charge in [-0.05, 0) is 25.1 Å². The van der Waals surface area contributed by atoms with Crippen molar-refractivity contribution in [2.75, 3.05) is 25.5 Å². The van der Waals surface area contributed by atoms with Gasteiger partial charge in [0.2, 0.25) is 0 Å². The molecular formula is C10H16N2O. The Kier molecular flexibility index (Phi) is 4.12. The van der Waals surface area contributed by atoms with Gasteiger partial charge >= 0.3 is 0 Å². The molecule has 0 radical (unpaired) electrons. The Balaban J connectivity index is 2.54. The van der Waals surface area contributed by atoms with Gasteiger partial charge in [0.15, 0.2) is 0 Å². The van der Waals surface area contributed by atoms with Crippen molar-refractivity contribution >= 4 is 5.69 Å².